The molecule has 1 N–H and O–H groups in total. The Kier molecular flexibility index (Phi) is 5.62. The van der Waals surface area contributed by atoms with Gasteiger partial charge >= 0.3 is 5.97 Å². The van der Waals surface area contributed by atoms with Crippen molar-refractivity contribution in [3.8, 4) is 0 Å². The Labute approximate surface area is 144 Å². The highest BCUT2D eigenvalue weighted by Gasteiger charge is 2.48. The van der Waals surface area contributed by atoms with E-state index in [9.17, 15) is 23.1 Å². The summed E-state index contributed by atoms with van der Waals surface area (Å²) in [6, 6.07) is 0. The number of aliphatic carboxylic acids is 1. The van der Waals surface area contributed by atoms with Gasteiger partial charge in [0.05, 0.1) is 10.7 Å². The molecule has 7 heteroatoms. The predicted octanol–water partition coefficient (Wildman–Crippen LogP) is 2.08. The molecule has 2 fully saturated rings. The number of likely N-dealkylation sites (tertiary alicyclic amines) is 1. The molecule has 1 aliphatic heterocycles. The van der Waals surface area contributed by atoms with Crippen LogP contribution in [0.2, 0.25) is 0 Å². The lowest BCUT2D eigenvalue weighted by atomic mass is 9.90. The number of rotatable bonds is 5. The summed E-state index contributed by atoms with van der Waals surface area (Å²) in [6.45, 7) is 5.53. The lowest BCUT2D eigenvalue weighted by molar-refractivity contribution is -0.147. The van der Waals surface area contributed by atoms with Gasteiger partial charge in [0.15, 0.2) is 9.84 Å². The number of sulfone groups is 1. The third-order valence-electron chi connectivity index (χ3n) is 5.52. The number of carbonyl (C=O) groups is 2. The van der Waals surface area contributed by atoms with E-state index >= 15 is 0 Å². The van der Waals surface area contributed by atoms with Crippen LogP contribution >= 0.6 is 0 Å². The number of carboxylic acid groups (broad SMARTS) is 1. The van der Waals surface area contributed by atoms with E-state index in [2.05, 4.69) is 0 Å². The van der Waals surface area contributed by atoms with Crippen LogP contribution in [0, 0.1) is 11.3 Å². The van der Waals surface area contributed by atoms with E-state index in [0.29, 0.717) is 25.8 Å². The van der Waals surface area contributed by atoms with Crippen molar-refractivity contribution in [3.63, 3.8) is 0 Å². The summed E-state index contributed by atoms with van der Waals surface area (Å²) < 4.78 is 26.1. The van der Waals surface area contributed by atoms with Gasteiger partial charge < -0.3 is 10.0 Å². The lowest BCUT2D eigenvalue weighted by Gasteiger charge is -2.31. The Morgan fingerprint density at radius 1 is 1.17 bits per heavy atom. The van der Waals surface area contributed by atoms with Crippen molar-refractivity contribution in [2.24, 2.45) is 11.3 Å². The van der Waals surface area contributed by atoms with Crippen molar-refractivity contribution in [3.05, 3.63) is 0 Å². The molecule has 1 heterocycles. The van der Waals surface area contributed by atoms with Crippen molar-refractivity contribution in [2.45, 2.75) is 69.8 Å². The molecule has 0 unspecified atom stereocenters. The zero-order chi connectivity index (χ0) is 18.1. The van der Waals surface area contributed by atoms with Crippen molar-refractivity contribution < 1.29 is 23.1 Å². The quantitative estimate of drug-likeness (QED) is 0.811. The number of hydrogen-bond acceptors (Lipinski definition) is 4. The Balaban J connectivity index is 2.21. The fourth-order valence-electron chi connectivity index (χ4n) is 3.91. The molecule has 0 spiro atoms. The highest BCUT2D eigenvalue weighted by atomic mass is 32.2. The Bertz CT molecular complexity index is 594. The molecule has 1 saturated carbocycles. The van der Waals surface area contributed by atoms with E-state index in [1.807, 2.05) is 0 Å². The fraction of sp³-hybridized carbons (Fsp3) is 0.882. The van der Waals surface area contributed by atoms with E-state index in [4.69, 9.17) is 0 Å². The molecule has 2 atom stereocenters. The Hall–Kier alpha value is -1.11. The number of carbonyl (C=O) groups excluding carboxylic acids is 1. The molecular formula is C17H29NO5S. The normalized spacial score (nSPS) is 27.4. The van der Waals surface area contributed by atoms with Gasteiger partial charge in [-0.15, -0.1) is 0 Å². The summed E-state index contributed by atoms with van der Waals surface area (Å²) in [5, 5.41) is 7.83. The molecule has 1 aliphatic carbocycles. The smallest absolute Gasteiger partial charge is 0.311 e. The number of nitrogens with zero attached hydrogens (tertiary/aromatic N) is 1. The summed E-state index contributed by atoms with van der Waals surface area (Å²) in [5.74, 6) is -1.67. The SMILES string of the molecule is CC(C)[C@@H](C(=O)N1CC[C@@](C)(C(=O)O)C1)S(=O)(=O)C1CCCCC1. The zero-order valence-corrected chi connectivity index (χ0v) is 15.6. The first-order valence-electron chi connectivity index (χ1n) is 8.84. The summed E-state index contributed by atoms with van der Waals surface area (Å²) in [4.78, 5) is 25.8. The van der Waals surface area contributed by atoms with Gasteiger partial charge in [-0.3, -0.25) is 9.59 Å². The van der Waals surface area contributed by atoms with Crippen LogP contribution in [0.15, 0.2) is 0 Å². The molecule has 24 heavy (non-hydrogen) atoms. The molecule has 0 aromatic heterocycles. The van der Waals surface area contributed by atoms with Crippen LogP contribution in [-0.2, 0) is 19.4 Å². The maximum Gasteiger partial charge on any atom is 0.311 e. The van der Waals surface area contributed by atoms with Crippen LogP contribution in [0.3, 0.4) is 0 Å². The molecule has 1 amide bonds. The maximum absolute atomic E-state index is 13.1. The summed E-state index contributed by atoms with van der Waals surface area (Å²) >= 11 is 0. The topological polar surface area (TPSA) is 91.8 Å². The molecule has 138 valence electrons. The van der Waals surface area contributed by atoms with Crippen LogP contribution in [0.4, 0.5) is 0 Å². The second-order valence-electron chi connectivity index (χ2n) is 7.89. The van der Waals surface area contributed by atoms with E-state index in [1.54, 1.807) is 20.8 Å². The van der Waals surface area contributed by atoms with Gasteiger partial charge in [0.1, 0.15) is 5.25 Å². The standard InChI is InChI=1S/C17H29NO5S/c1-12(2)14(24(22,23)13-7-5-4-6-8-13)15(19)18-10-9-17(3,11-18)16(20)21/h12-14H,4-11H2,1-3H3,(H,20,21)/t14-,17+/m0/s1. The first kappa shape index (κ1) is 19.2. The largest absolute Gasteiger partial charge is 0.481 e. The Morgan fingerprint density at radius 2 is 1.75 bits per heavy atom. The van der Waals surface area contributed by atoms with E-state index in [-0.39, 0.29) is 12.5 Å². The summed E-state index contributed by atoms with van der Waals surface area (Å²) in [6.07, 6.45) is 4.46. The minimum atomic E-state index is -3.56. The van der Waals surface area contributed by atoms with Crippen LogP contribution in [0.25, 0.3) is 0 Å². The molecule has 2 aliphatic rings. The van der Waals surface area contributed by atoms with Gasteiger partial charge in [-0.1, -0.05) is 33.1 Å². The first-order valence-corrected chi connectivity index (χ1v) is 10.5. The number of amides is 1. The third-order valence-corrected chi connectivity index (χ3v) is 8.38. The second-order valence-corrected chi connectivity index (χ2v) is 10.2. The second kappa shape index (κ2) is 7.02. The van der Waals surface area contributed by atoms with Gasteiger partial charge in [-0.25, -0.2) is 8.42 Å². The Morgan fingerprint density at radius 3 is 2.21 bits per heavy atom. The molecule has 0 aromatic rings. The molecule has 0 bridgehead atoms. The van der Waals surface area contributed by atoms with Crippen molar-refractivity contribution in [1.82, 2.24) is 4.90 Å². The fourth-order valence-corrected chi connectivity index (χ4v) is 6.50. The molecule has 0 radical (unpaired) electrons. The highest BCUT2D eigenvalue weighted by Crippen LogP contribution is 2.34. The zero-order valence-electron chi connectivity index (χ0n) is 14.8. The first-order chi connectivity index (χ1) is 11.1. The average Bonchev–Trinajstić information content (AvgIpc) is 2.91. The third kappa shape index (κ3) is 3.60. The van der Waals surface area contributed by atoms with E-state index in [1.165, 1.54) is 4.90 Å². The van der Waals surface area contributed by atoms with Gasteiger partial charge in [0.25, 0.3) is 0 Å². The molecule has 1 saturated heterocycles. The molecule has 6 nitrogen and oxygen atoms in total. The average molecular weight is 359 g/mol. The monoisotopic (exact) mass is 359 g/mol. The minimum Gasteiger partial charge on any atom is -0.481 e. The van der Waals surface area contributed by atoms with Gasteiger partial charge in [-0.2, -0.15) is 0 Å². The van der Waals surface area contributed by atoms with E-state index < -0.39 is 37.6 Å². The predicted molar refractivity (Wildman–Crippen MR) is 91.4 cm³/mol. The molecule has 2 rings (SSSR count). The number of carboxylic acids is 1. The van der Waals surface area contributed by atoms with Gasteiger partial charge in [-0.05, 0) is 32.1 Å². The van der Waals surface area contributed by atoms with Crippen molar-refractivity contribution in [2.75, 3.05) is 13.1 Å². The van der Waals surface area contributed by atoms with E-state index in [0.717, 1.165) is 19.3 Å². The van der Waals surface area contributed by atoms with Crippen LogP contribution < -0.4 is 0 Å². The number of hydrogen-bond donors (Lipinski definition) is 1. The molecule has 0 aromatic carbocycles. The summed E-state index contributed by atoms with van der Waals surface area (Å²) in [7, 11) is -3.56. The lowest BCUT2D eigenvalue weighted by Crippen LogP contribution is -2.49. The van der Waals surface area contributed by atoms with Crippen molar-refractivity contribution in [1.29, 1.82) is 0 Å². The highest BCUT2D eigenvalue weighted by molar-refractivity contribution is 7.93. The summed E-state index contributed by atoms with van der Waals surface area (Å²) in [5.41, 5.74) is -0.980. The van der Waals surface area contributed by atoms with Crippen molar-refractivity contribution >= 4 is 21.7 Å². The van der Waals surface area contributed by atoms with Crippen LogP contribution in [0.1, 0.15) is 59.3 Å². The molecular weight excluding hydrogens is 330 g/mol. The van der Waals surface area contributed by atoms with Crippen LogP contribution in [0.5, 0.6) is 0 Å². The van der Waals surface area contributed by atoms with Crippen LogP contribution in [-0.4, -0.2) is 53.9 Å². The van der Waals surface area contributed by atoms with Gasteiger partial charge in [0.2, 0.25) is 5.91 Å². The maximum atomic E-state index is 13.1. The minimum absolute atomic E-state index is 0.0879. The van der Waals surface area contributed by atoms with Gasteiger partial charge in [0, 0.05) is 13.1 Å².